The first-order valence-electron chi connectivity index (χ1n) is 5.62. The molecule has 0 unspecified atom stereocenters. The fraction of sp³-hybridized carbons (Fsp3) is 0.455. The highest BCUT2D eigenvalue weighted by atomic mass is 15.5. The Balaban J connectivity index is 2.35. The zero-order valence-electron chi connectivity index (χ0n) is 10.1. The van der Waals surface area contributed by atoms with Gasteiger partial charge in [-0.1, -0.05) is 6.07 Å². The van der Waals surface area contributed by atoms with Gasteiger partial charge in [0.2, 0.25) is 5.82 Å². The number of aromatic nitrogens is 5. The first kappa shape index (κ1) is 11.7. The van der Waals surface area contributed by atoms with Crippen LogP contribution in [0, 0.1) is 13.8 Å². The average Bonchev–Trinajstić information content (AvgIpc) is 2.74. The predicted octanol–water partition coefficient (Wildman–Crippen LogP) is 0.701. The third-order valence-corrected chi connectivity index (χ3v) is 2.53. The molecule has 6 nitrogen and oxygen atoms in total. The van der Waals surface area contributed by atoms with Gasteiger partial charge in [-0.2, -0.15) is 0 Å². The molecule has 2 heterocycles. The molecule has 0 atom stereocenters. The lowest BCUT2D eigenvalue weighted by Crippen LogP contribution is -2.09. The van der Waals surface area contributed by atoms with E-state index in [1.54, 1.807) is 4.68 Å². The average molecular weight is 232 g/mol. The quantitative estimate of drug-likeness (QED) is 0.839. The zero-order valence-corrected chi connectivity index (χ0v) is 10.1. The summed E-state index contributed by atoms with van der Waals surface area (Å²) in [7, 11) is 0. The second-order valence-electron chi connectivity index (χ2n) is 4.05. The molecule has 0 aliphatic rings. The number of aryl methyl sites for hydroxylation is 3. The normalized spacial score (nSPS) is 10.8. The van der Waals surface area contributed by atoms with Crippen LogP contribution in [-0.2, 0) is 6.54 Å². The van der Waals surface area contributed by atoms with E-state index in [0.717, 1.165) is 23.2 Å². The number of nitrogens with two attached hydrogens (primary N) is 1. The first-order valence-corrected chi connectivity index (χ1v) is 5.62. The molecule has 90 valence electrons. The van der Waals surface area contributed by atoms with Crippen molar-refractivity contribution < 1.29 is 0 Å². The third kappa shape index (κ3) is 2.47. The van der Waals surface area contributed by atoms with E-state index < -0.39 is 0 Å². The highest BCUT2D eigenvalue weighted by Crippen LogP contribution is 2.18. The molecule has 0 saturated heterocycles. The highest BCUT2D eigenvalue weighted by Gasteiger charge is 2.12. The van der Waals surface area contributed by atoms with Crippen molar-refractivity contribution >= 4 is 0 Å². The second kappa shape index (κ2) is 5.01. The maximum Gasteiger partial charge on any atom is 0.200 e. The molecule has 0 radical (unpaired) electrons. The Kier molecular flexibility index (Phi) is 3.43. The topological polar surface area (TPSA) is 82.5 Å². The number of nitrogens with zero attached hydrogens (tertiary/aromatic N) is 5. The van der Waals surface area contributed by atoms with Gasteiger partial charge in [0.1, 0.15) is 5.69 Å². The number of rotatable bonds is 4. The number of pyridine rings is 1. The fourth-order valence-corrected chi connectivity index (χ4v) is 1.72. The minimum atomic E-state index is 0.625. The molecule has 0 spiro atoms. The second-order valence-corrected chi connectivity index (χ2v) is 4.05. The van der Waals surface area contributed by atoms with Crippen LogP contribution in [0.15, 0.2) is 12.3 Å². The molecule has 6 heteroatoms. The van der Waals surface area contributed by atoms with Gasteiger partial charge in [-0.05, 0) is 48.4 Å². The van der Waals surface area contributed by atoms with Gasteiger partial charge in [-0.25, -0.2) is 4.68 Å². The van der Waals surface area contributed by atoms with Gasteiger partial charge < -0.3 is 5.73 Å². The molecule has 0 aliphatic carbocycles. The Morgan fingerprint density at radius 3 is 2.88 bits per heavy atom. The molecule has 0 bridgehead atoms. The lowest BCUT2D eigenvalue weighted by atomic mass is 10.1. The Morgan fingerprint density at radius 2 is 2.18 bits per heavy atom. The summed E-state index contributed by atoms with van der Waals surface area (Å²) >= 11 is 0. The Bertz CT molecular complexity index is 504. The highest BCUT2D eigenvalue weighted by molar-refractivity contribution is 5.54. The Labute approximate surface area is 99.9 Å². The molecule has 0 fully saturated rings. The summed E-state index contributed by atoms with van der Waals surface area (Å²) in [5.74, 6) is 0.705. The monoisotopic (exact) mass is 232 g/mol. The molecule has 17 heavy (non-hydrogen) atoms. The van der Waals surface area contributed by atoms with Crippen molar-refractivity contribution in [3.63, 3.8) is 0 Å². The molecule has 0 amide bonds. The molecule has 2 N–H and O–H groups in total. The van der Waals surface area contributed by atoms with Gasteiger partial charge in [0, 0.05) is 12.7 Å². The molecular weight excluding hydrogens is 216 g/mol. The van der Waals surface area contributed by atoms with Gasteiger partial charge in [0.25, 0.3) is 0 Å². The number of tetrazole rings is 1. The standard InChI is InChI=1S/C11H16N6/c1-8-6-9(2)10(13-7-8)11-14-15-16-17(11)5-3-4-12/h6-7H,3-5,12H2,1-2H3. The van der Waals surface area contributed by atoms with E-state index in [1.165, 1.54) is 0 Å². The molecule has 0 aromatic carbocycles. The minimum absolute atomic E-state index is 0.625. The van der Waals surface area contributed by atoms with Crippen molar-refractivity contribution in [3.8, 4) is 11.5 Å². The zero-order chi connectivity index (χ0) is 12.3. The van der Waals surface area contributed by atoms with Crippen LogP contribution >= 0.6 is 0 Å². The third-order valence-electron chi connectivity index (χ3n) is 2.53. The Morgan fingerprint density at radius 1 is 1.35 bits per heavy atom. The maximum absolute atomic E-state index is 5.49. The van der Waals surface area contributed by atoms with Crippen molar-refractivity contribution in [1.29, 1.82) is 0 Å². The lowest BCUT2D eigenvalue weighted by Gasteiger charge is -2.06. The summed E-state index contributed by atoms with van der Waals surface area (Å²) < 4.78 is 1.75. The van der Waals surface area contributed by atoms with Crippen molar-refractivity contribution in [2.24, 2.45) is 5.73 Å². The predicted molar refractivity (Wildman–Crippen MR) is 64.2 cm³/mol. The number of hydrogen-bond acceptors (Lipinski definition) is 5. The van der Waals surface area contributed by atoms with E-state index in [2.05, 4.69) is 26.6 Å². The van der Waals surface area contributed by atoms with Crippen molar-refractivity contribution in [2.75, 3.05) is 6.54 Å². The van der Waals surface area contributed by atoms with Crippen molar-refractivity contribution in [1.82, 2.24) is 25.2 Å². The van der Waals surface area contributed by atoms with Gasteiger partial charge in [-0.3, -0.25) is 4.98 Å². The van der Waals surface area contributed by atoms with E-state index in [0.29, 0.717) is 18.9 Å². The smallest absolute Gasteiger partial charge is 0.200 e. The molecular formula is C11H16N6. The summed E-state index contributed by atoms with van der Waals surface area (Å²) in [5.41, 5.74) is 8.53. The van der Waals surface area contributed by atoms with E-state index >= 15 is 0 Å². The van der Waals surface area contributed by atoms with Crippen LogP contribution in [0.1, 0.15) is 17.5 Å². The van der Waals surface area contributed by atoms with Crippen LogP contribution < -0.4 is 5.73 Å². The van der Waals surface area contributed by atoms with Gasteiger partial charge in [0.15, 0.2) is 0 Å². The Hall–Kier alpha value is -1.82. The molecule has 2 rings (SSSR count). The van der Waals surface area contributed by atoms with E-state index in [4.69, 9.17) is 5.73 Å². The van der Waals surface area contributed by atoms with Crippen LogP contribution in [0.3, 0.4) is 0 Å². The summed E-state index contributed by atoms with van der Waals surface area (Å²) in [6.45, 7) is 5.37. The fourth-order valence-electron chi connectivity index (χ4n) is 1.72. The molecule has 0 aliphatic heterocycles. The largest absolute Gasteiger partial charge is 0.330 e. The number of hydrogen-bond donors (Lipinski definition) is 1. The lowest BCUT2D eigenvalue weighted by molar-refractivity contribution is 0.568. The molecule has 2 aromatic heterocycles. The SMILES string of the molecule is Cc1cnc(-c2nnnn2CCCN)c(C)c1. The van der Waals surface area contributed by atoms with E-state index in [9.17, 15) is 0 Å². The van der Waals surface area contributed by atoms with Crippen molar-refractivity contribution in [3.05, 3.63) is 23.4 Å². The van der Waals surface area contributed by atoms with Crippen LogP contribution in [0.25, 0.3) is 11.5 Å². The minimum Gasteiger partial charge on any atom is -0.330 e. The van der Waals surface area contributed by atoms with E-state index in [1.807, 2.05) is 20.0 Å². The summed E-state index contributed by atoms with van der Waals surface area (Å²) in [4.78, 5) is 4.39. The maximum atomic E-state index is 5.49. The van der Waals surface area contributed by atoms with Crippen LogP contribution in [-0.4, -0.2) is 31.7 Å². The van der Waals surface area contributed by atoms with Gasteiger partial charge in [-0.15, -0.1) is 5.10 Å². The molecule has 2 aromatic rings. The first-order chi connectivity index (χ1) is 8.22. The van der Waals surface area contributed by atoms with Gasteiger partial charge in [0.05, 0.1) is 0 Å². The van der Waals surface area contributed by atoms with Crippen LogP contribution in [0.2, 0.25) is 0 Å². The van der Waals surface area contributed by atoms with Gasteiger partial charge >= 0.3 is 0 Å². The summed E-state index contributed by atoms with van der Waals surface area (Å²) in [6.07, 6.45) is 2.67. The summed E-state index contributed by atoms with van der Waals surface area (Å²) in [6, 6.07) is 2.07. The van der Waals surface area contributed by atoms with Crippen LogP contribution in [0.4, 0.5) is 0 Å². The summed E-state index contributed by atoms with van der Waals surface area (Å²) in [5, 5.41) is 11.7. The molecule has 0 saturated carbocycles. The van der Waals surface area contributed by atoms with E-state index in [-0.39, 0.29) is 0 Å². The van der Waals surface area contributed by atoms with Crippen LogP contribution in [0.5, 0.6) is 0 Å². The van der Waals surface area contributed by atoms with Crippen molar-refractivity contribution in [2.45, 2.75) is 26.8 Å².